The van der Waals surface area contributed by atoms with Crippen molar-refractivity contribution in [3.05, 3.63) is 69.5 Å². The van der Waals surface area contributed by atoms with E-state index in [1.807, 2.05) is 37.3 Å². The quantitative estimate of drug-likeness (QED) is 0.649. The maximum atomic E-state index is 12.3. The zero-order valence-electron chi connectivity index (χ0n) is 16.0. The van der Waals surface area contributed by atoms with Crippen molar-refractivity contribution in [2.24, 2.45) is 0 Å². The summed E-state index contributed by atoms with van der Waals surface area (Å²) in [6, 6.07) is 11.0. The molecule has 1 fully saturated rings. The first-order chi connectivity index (χ1) is 13.8. The van der Waals surface area contributed by atoms with Gasteiger partial charge in [0.15, 0.2) is 9.84 Å². The molecule has 0 unspecified atom stereocenters. The number of aromatic nitrogens is 1. The minimum atomic E-state index is -3.12. The zero-order chi connectivity index (χ0) is 20.6. The Bertz CT molecular complexity index is 1090. The maximum absolute atomic E-state index is 12.3. The second-order valence-electron chi connectivity index (χ2n) is 7.48. The number of benzene rings is 1. The number of hydrogen-bond donors (Lipinski definition) is 1. The lowest BCUT2D eigenvalue weighted by molar-refractivity contribution is 0.118. The van der Waals surface area contributed by atoms with E-state index in [1.54, 1.807) is 18.3 Å². The molecule has 0 amide bonds. The smallest absolute Gasteiger partial charge is 0.163 e. The molecule has 2 aliphatic heterocycles. The van der Waals surface area contributed by atoms with Gasteiger partial charge in [0.05, 0.1) is 24.2 Å². The first-order valence-corrected chi connectivity index (χ1v) is 12.0. The minimum Gasteiger partial charge on any atom is -0.507 e. The molecule has 4 rings (SSSR count). The number of aromatic hydroxyl groups is 1. The summed E-state index contributed by atoms with van der Waals surface area (Å²) in [5.41, 5.74) is 4.35. The molecule has 0 saturated carbocycles. The van der Waals surface area contributed by atoms with Crippen LogP contribution in [0.5, 0.6) is 5.75 Å². The van der Waals surface area contributed by atoms with Gasteiger partial charge < -0.3 is 9.84 Å². The fraction of sp³-hybridized carbons (Fsp3) is 0.318. The summed E-state index contributed by atoms with van der Waals surface area (Å²) in [7, 11) is -3.12. The van der Waals surface area contributed by atoms with Crippen molar-refractivity contribution >= 4 is 37.4 Å². The Morgan fingerprint density at radius 3 is 2.93 bits per heavy atom. The molecule has 5 nitrogen and oxygen atoms in total. The van der Waals surface area contributed by atoms with Crippen molar-refractivity contribution in [3.63, 3.8) is 0 Å². The highest BCUT2D eigenvalue weighted by molar-refractivity contribution is 9.10. The molecule has 1 N–H and O–H groups in total. The number of hydrogen-bond acceptors (Lipinski definition) is 5. The normalized spacial score (nSPS) is 23.4. The van der Waals surface area contributed by atoms with Crippen LogP contribution in [0.3, 0.4) is 0 Å². The van der Waals surface area contributed by atoms with E-state index in [-0.39, 0.29) is 24.2 Å². The third-order valence-corrected chi connectivity index (χ3v) is 8.06. The lowest BCUT2D eigenvalue weighted by Gasteiger charge is -2.14. The first-order valence-electron chi connectivity index (χ1n) is 9.48. The van der Waals surface area contributed by atoms with Gasteiger partial charge in [-0.25, -0.2) is 8.42 Å². The Labute approximate surface area is 179 Å². The number of phenols is 1. The number of fused-ring (bicyclic) bond motifs is 1. The van der Waals surface area contributed by atoms with Crippen molar-refractivity contribution in [2.45, 2.75) is 31.1 Å². The highest BCUT2D eigenvalue weighted by atomic mass is 79.9. The van der Waals surface area contributed by atoms with Gasteiger partial charge in [-0.05, 0) is 67.3 Å². The van der Waals surface area contributed by atoms with Crippen molar-refractivity contribution in [1.29, 1.82) is 0 Å². The maximum Gasteiger partial charge on any atom is 0.163 e. The van der Waals surface area contributed by atoms with E-state index in [0.29, 0.717) is 18.4 Å². The summed E-state index contributed by atoms with van der Waals surface area (Å²) in [6.45, 7) is 2.14. The van der Waals surface area contributed by atoms with Gasteiger partial charge in [0.1, 0.15) is 11.0 Å². The van der Waals surface area contributed by atoms with Crippen LogP contribution >= 0.6 is 15.9 Å². The number of rotatable bonds is 5. The van der Waals surface area contributed by atoms with Crippen molar-refractivity contribution in [3.8, 4) is 5.75 Å². The van der Waals surface area contributed by atoms with Gasteiger partial charge in [-0.2, -0.15) is 0 Å². The minimum absolute atomic E-state index is 0.141. The van der Waals surface area contributed by atoms with Crippen molar-refractivity contribution < 1.29 is 18.3 Å². The fourth-order valence-electron chi connectivity index (χ4n) is 4.10. The summed E-state index contributed by atoms with van der Waals surface area (Å²) in [6.07, 6.45) is 4.79. The molecule has 0 bridgehead atoms. The van der Waals surface area contributed by atoms with Crippen LogP contribution in [-0.4, -0.2) is 42.2 Å². The van der Waals surface area contributed by atoms with Crippen molar-refractivity contribution in [1.82, 2.24) is 4.98 Å². The van der Waals surface area contributed by atoms with E-state index in [4.69, 9.17) is 4.74 Å². The van der Waals surface area contributed by atoms with Crippen LogP contribution in [0.15, 0.2) is 58.2 Å². The molecule has 152 valence electrons. The molecule has 7 heteroatoms. The molecule has 2 aliphatic rings. The van der Waals surface area contributed by atoms with Gasteiger partial charge in [0.2, 0.25) is 0 Å². The third-order valence-electron chi connectivity index (χ3n) is 5.48. The molecule has 1 aromatic carbocycles. The molecule has 0 radical (unpaired) electrons. The predicted octanol–water partition coefficient (Wildman–Crippen LogP) is 4.38. The first kappa shape index (κ1) is 20.3. The summed E-state index contributed by atoms with van der Waals surface area (Å²) < 4.78 is 31.3. The van der Waals surface area contributed by atoms with Crippen LogP contribution in [-0.2, 0) is 14.6 Å². The zero-order valence-corrected chi connectivity index (χ0v) is 18.4. The van der Waals surface area contributed by atoms with E-state index in [0.717, 1.165) is 26.9 Å². The summed E-state index contributed by atoms with van der Waals surface area (Å²) in [4.78, 5) is 4.47. The predicted molar refractivity (Wildman–Crippen MR) is 117 cm³/mol. The molecule has 2 aromatic rings. The number of nitrogens with zero attached hydrogens (tertiary/aromatic N) is 1. The Balaban J connectivity index is 1.62. The lowest BCUT2D eigenvalue weighted by atomic mass is 9.95. The number of allylic oxidation sites excluding steroid dienone is 1. The average molecular weight is 476 g/mol. The van der Waals surface area contributed by atoms with Gasteiger partial charge >= 0.3 is 0 Å². The number of halogens is 1. The average Bonchev–Trinajstić information content (AvgIpc) is 3.22. The topological polar surface area (TPSA) is 76.5 Å². The second kappa shape index (κ2) is 8.05. The van der Waals surface area contributed by atoms with Gasteiger partial charge in [-0.15, -0.1) is 0 Å². The second-order valence-corrected chi connectivity index (χ2v) is 10.6. The molecule has 1 saturated heterocycles. The van der Waals surface area contributed by atoms with Crippen molar-refractivity contribution in [2.75, 3.05) is 12.4 Å². The molecule has 29 heavy (non-hydrogen) atoms. The molecule has 0 aliphatic carbocycles. The van der Waals surface area contributed by atoms with Gasteiger partial charge in [-0.3, -0.25) is 4.98 Å². The SMILES string of the molecule is CC1=C2[C@@H](CC/C(=C/c3cc(Br)ccc3O)c3ccccn3)OC[C@@H]2S(=O)(=O)C1. The highest BCUT2D eigenvalue weighted by Crippen LogP contribution is 2.39. The molecule has 2 atom stereocenters. The fourth-order valence-corrected chi connectivity index (χ4v) is 6.48. The Hall–Kier alpha value is -1.96. The summed E-state index contributed by atoms with van der Waals surface area (Å²) in [5, 5.41) is 9.76. The van der Waals surface area contributed by atoms with E-state index in [9.17, 15) is 13.5 Å². The van der Waals surface area contributed by atoms with Crippen LogP contribution in [0.4, 0.5) is 0 Å². The molecular weight excluding hydrogens is 454 g/mol. The molecule has 0 spiro atoms. The lowest BCUT2D eigenvalue weighted by Crippen LogP contribution is -2.19. The monoisotopic (exact) mass is 475 g/mol. The standard InChI is InChI=1S/C22H22BrNO4S/c1-14-13-29(26,27)21-12-28-20(22(14)21)8-5-15(18-4-2-3-9-24-18)10-16-11-17(23)6-7-19(16)25/h2-4,6-7,9-11,20-21,25H,5,8,12-13H2,1H3/b15-10-/t20-,21+/m1/s1. The summed E-state index contributed by atoms with van der Waals surface area (Å²) >= 11 is 3.44. The van der Waals surface area contributed by atoms with E-state index in [2.05, 4.69) is 20.9 Å². The Kier molecular flexibility index (Phi) is 5.64. The van der Waals surface area contributed by atoms with E-state index < -0.39 is 15.1 Å². The Morgan fingerprint density at radius 2 is 2.17 bits per heavy atom. The molecule has 3 heterocycles. The largest absolute Gasteiger partial charge is 0.507 e. The summed E-state index contributed by atoms with van der Waals surface area (Å²) in [5.74, 6) is 0.334. The van der Waals surface area contributed by atoms with Gasteiger partial charge in [-0.1, -0.05) is 27.6 Å². The van der Waals surface area contributed by atoms with Gasteiger partial charge in [0.25, 0.3) is 0 Å². The molecular formula is C22H22BrNO4S. The van der Waals surface area contributed by atoms with Crippen LogP contribution in [0.1, 0.15) is 31.0 Å². The van der Waals surface area contributed by atoms with E-state index >= 15 is 0 Å². The third kappa shape index (κ3) is 4.17. The van der Waals surface area contributed by atoms with Crippen LogP contribution in [0, 0.1) is 0 Å². The van der Waals surface area contributed by atoms with Crippen LogP contribution in [0.2, 0.25) is 0 Å². The number of sulfone groups is 1. The number of phenolic OH excluding ortho intramolecular Hbond substituents is 1. The molecule has 1 aromatic heterocycles. The van der Waals surface area contributed by atoms with E-state index in [1.165, 1.54) is 0 Å². The Morgan fingerprint density at radius 1 is 1.34 bits per heavy atom. The number of ether oxygens (including phenoxy) is 1. The van der Waals surface area contributed by atoms with Gasteiger partial charge in [0, 0.05) is 16.2 Å². The highest BCUT2D eigenvalue weighted by Gasteiger charge is 2.45. The number of pyridine rings is 1. The van der Waals surface area contributed by atoms with Crippen LogP contribution in [0.25, 0.3) is 11.6 Å². The van der Waals surface area contributed by atoms with Crippen LogP contribution < -0.4 is 0 Å².